The minimum atomic E-state index is -0.482. The third-order valence-electron chi connectivity index (χ3n) is 6.98. The van der Waals surface area contributed by atoms with Crippen LogP contribution in [-0.4, -0.2) is 96.7 Å². The van der Waals surface area contributed by atoms with Gasteiger partial charge in [0.05, 0.1) is 12.6 Å². The molecule has 0 aromatic heterocycles. The number of carbonyl (C=O) groups excluding carboxylic acids is 4. The van der Waals surface area contributed by atoms with Crippen LogP contribution in [0, 0.1) is 11.8 Å². The van der Waals surface area contributed by atoms with Crippen molar-refractivity contribution in [2.45, 2.75) is 106 Å². The summed E-state index contributed by atoms with van der Waals surface area (Å²) in [7, 11) is 1.65. The molecule has 0 spiro atoms. The highest BCUT2D eigenvalue weighted by atomic mass is 16.2. The smallest absolute Gasteiger partial charge is 0.249 e. The predicted octanol–water partition coefficient (Wildman–Crippen LogP) is 4.00. The molecule has 2 aliphatic heterocycles. The Morgan fingerprint density at radius 2 is 1.56 bits per heavy atom. The SMILES string of the molecule is C=CCNC(=O)[C@@H]1CCCN1C(=O)/C(C)=C/[C@H](C(C)C)N(C)C(=O)CNC=O.CC(C)C.CC(C)N1CCCCC1. The normalized spacial score (nSPS) is 18.1. The lowest BCUT2D eigenvalue weighted by Crippen LogP contribution is -2.47. The maximum Gasteiger partial charge on any atom is 0.249 e. The standard InChI is InChI=1S/C20H32N4O4.C8H17N.C4H10/c1-6-9-22-19(27)16-8-7-10-24(16)20(28)15(4)11-17(14(2)3)23(5)18(26)12-21-13-25;1-8(2)9-6-4-3-5-7-9;1-4(2)3/h6,11,13-14,16-17H,1,7-10,12H2,2-5H3,(H,21,25)(H,22,27);8H,3-7H2,1-2H3;4H,1-3H3/b15-11+;;/t16-,17+;;/m0../s1. The first-order valence-electron chi connectivity index (χ1n) is 15.3. The van der Waals surface area contributed by atoms with Crippen LogP contribution >= 0.6 is 0 Å². The number of hydrogen-bond acceptors (Lipinski definition) is 5. The second kappa shape index (κ2) is 21.1. The molecule has 4 amide bonds. The number of carbonyl (C=O) groups is 4. The summed E-state index contributed by atoms with van der Waals surface area (Å²) in [4.78, 5) is 53.6. The summed E-state index contributed by atoms with van der Waals surface area (Å²) in [6.07, 6.45) is 9.53. The van der Waals surface area contributed by atoms with Gasteiger partial charge in [0.25, 0.3) is 0 Å². The fourth-order valence-corrected chi connectivity index (χ4v) is 4.73. The zero-order chi connectivity index (χ0) is 31.5. The van der Waals surface area contributed by atoms with Crippen molar-refractivity contribution in [3.63, 3.8) is 0 Å². The monoisotopic (exact) mass is 577 g/mol. The molecule has 0 aromatic carbocycles. The van der Waals surface area contributed by atoms with E-state index < -0.39 is 6.04 Å². The van der Waals surface area contributed by atoms with Crippen molar-refractivity contribution in [2.75, 3.05) is 39.8 Å². The van der Waals surface area contributed by atoms with Gasteiger partial charge in [0.1, 0.15) is 6.04 Å². The molecule has 9 nitrogen and oxygen atoms in total. The Labute approximate surface area is 250 Å². The Balaban J connectivity index is 0.00000101. The highest BCUT2D eigenvalue weighted by molar-refractivity contribution is 5.97. The molecule has 2 aliphatic rings. The maximum atomic E-state index is 13.0. The van der Waals surface area contributed by atoms with Crippen LogP contribution in [0.25, 0.3) is 0 Å². The van der Waals surface area contributed by atoms with E-state index in [4.69, 9.17) is 0 Å². The number of hydrogen-bond donors (Lipinski definition) is 2. The summed E-state index contributed by atoms with van der Waals surface area (Å²) >= 11 is 0. The summed E-state index contributed by atoms with van der Waals surface area (Å²) in [5.41, 5.74) is 0.491. The van der Waals surface area contributed by atoms with Crippen molar-refractivity contribution < 1.29 is 19.2 Å². The lowest BCUT2D eigenvalue weighted by Gasteiger charge is -2.30. The minimum absolute atomic E-state index is 0.0678. The van der Waals surface area contributed by atoms with Crippen LogP contribution in [0.4, 0.5) is 0 Å². The van der Waals surface area contributed by atoms with Gasteiger partial charge in [0, 0.05) is 31.8 Å². The van der Waals surface area contributed by atoms with Gasteiger partial charge in [0.15, 0.2) is 0 Å². The summed E-state index contributed by atoms with van der Waals surface area (Å²) in [5.74, 6) is 0.281. The van der Waals surface area contributed by atoms with Crippen molar-refractivity contribution in [2.24, 2.45) is 11.8 Å². The predicted molar refractivity (Wildman–Crippen MR) is 168 cm³/mol. The van der Waals surface area contributed by atoms with E-state index in [1.165, 1.54) is 37.3 Å². The molecule has 0 saturated carbocycles. The summed E-state index contributed by atoms with van der Waals surface area (Å²) < 4.78 is 0. The number of amides is 4. The molecule has 2 rings (SSSR count). The molecule has 0 unspecified atom stereocenters. The highest BCUT2D eigenvalue weighted by Gasteiger charge is 2.34. The highest BCUT2D eigenvalue weighted by Crippen LogP contribution is 2.21. The first kappa shape index (κ1) is 38.3. The largest absolute Gasteiger partial charge is 0.351 e. The molecule has 0 bridgehead atoms. The van der Waals surface area contributed by atoms with E-state index in [1.807, 2.05) is 13.8 Å². The van der Waals surface area contributed by atoms with E-state index in [2.05, 4.69) is 56.7 Å². The Morgan fingerprint density at radius 3 is 2.02 bits per heavy atom. The van der Waals surface area contributed by atoms with Gasteiger partial charge in [-0.25, -0.2) is 0 Å². The zero-order valence-electron chi connectivity index (χ0n) is 27.4. The number of likely N-dealkylation sites (tertiary alicyclic amines) is 2. The molecule has 2 saturated heterocycles. The van der Waals surface area contributed by atoms with Crippen LogP contribution in [0.1, 0.15) is 87.5 Å². The van der Waals surface area contributed by atoms with Crippen molar-refractivity contribution in [3.8, 4) is 0 Å². The lowest BCUT2D eigenvalue weighted by molar-refractivity contribution is -0.135. The van der Waals surface area contributed by atoms with E-state index in [9.17, 15) is 19.2 Å². The topological polar surface area (TPSA) is 102 Å². The number of nitrogens with one attached hydrogen (secondary N) is 2. The fraction of sp³-hybridized carbons (Fsp3) is 0.750. The minimum Gasteiger partial charge on any atom is -0.351 e. The Hall–Kier alpha value is -2.68. The quantitative estimate of drug-likeness (QED) is 0.220. The van der Waals surface area contributed by atoms with Gasteiger partial charge >= 0.3 is 0 Å². The fourth-order valence-electron chi connectivity index (χ4n) is 4.73. The van der Waals surface area contributed by atoms with E-state index in [0.29, 0.717) is 31.5 Å². The van der Waals surface area contributed by atoms with Gasteiger partial charge in [-0.3, -0.25) is 19.2 Å². The molecule has 2 heterocycles. The average Bonchev–Trinajstić information content (AvgIpc) is 3.43. The second-order valence-corrected chi connectivity index (χ2v) is 12.2. The van der Waals surface area contributed by atoms with Crippen LogP contribution in [0.3, 0.4) is 0 Å². The molecule has 0 aliphatic carbocycles. The third kappa shape index (κ3) is 15.2. The summed E-state index contributed by atoms with van der Waals surface area (Å²) in [5, 5.41) is 5.11. The Bertz CT molecular complexity index is 831. The van der Waals surface area contributed by atoms with Gasteiger partial charge < -0.3 is 25.3 Å². The van der Waals surface area contributed by atoms with Crippen LogP contribution in [0.5, 0.6) is 0 Å². The molecular formula is C32H59N5O4. The van der Waals surface area contributed by atoms with Gasteiger partial charge in [-0.15, -0.1) is 6.58 Å². The van der Waals surface area contributed by atoms with Crippen LogP contribution in [-0.2, 0) is 19.2 Å². The molecular weight excluding hydrogens is 518 g/mol. The van der Waals surface area contributed by atoms with Gasteiger partial charge in [-0.05, 0) is 71.4 Å². The van der Waals surface area contributed by atoms with Gasteiger partial charge in [-0.1, -0.05) is 53.2 Å². The van der Waals surface area contributed by atoms with E-state index in [1.54, 1.807) is 31.0 Å². The van der Waals surface area contributed by atoms with Crippen LogP contribution < -0.4 is 10.6 Å². The summed E-state index contributed by atoms with van der Waals surface area (Å²) in [6, 6.07) is -0.0182. The molecule has 2 N–H and O–H groups in total. The van der Waals surface area contributed by atoms with Crippen molar-refractivity contribution >= 4 is 24.1 Å². The number of likely N-dealkylation sites (N-methyl/N-ethyl adjacent to an activating group) is 1. The molecule has 236 valence electrons. The number of piperidine rings is 1. The Kier molecular flexibility index (Phi) is 19.7. The lowest BCUT2D eigenvalue weighted by atomic mass is 9.99. The number of nitrogens with zero attached hydrogens (tertiary/aromatic N) is 3. The van der Waals surface area contributed by atoms with Crippen molar-refractivity contribution in [1.82, 2.24) is 25.3 Å². The Morgan fingerprint density at radius 1 is 0.976 bits per heavy atom. The average molecular weight is 578 g/mol. The summed E-state index contributed by atoms with van der Waals surface area (Å²) in [6.45, 7) is 23.7. The van der Waals surface area contributed by atoms with E-state index in [0.717, 1.165) is 18.4 Å². The molecule has 2 atom stereocenters. The first-order chi connectivity index (χ1) is 19.3. The molecule has 2 fully saturated rings. The van der Waals surface area contributed by atoms with Crippen LogP contribution in [0.2, 0.25) is 0 Å². The molecule has 41 heavy (non-hydrogen) atoms. The van der Waals surface area contributed by atoms with E-state index >= 15 is 0 Å². The third-order valence-corrected chi connectivity index (χ3v) is 6.98. The molecule has 9 heteroatoms. The molecule has 0 aromatic rings. The van der Waals surface area contributed by atoms with Crippen molar-refractivity contribution in [3.05, 3.63) is 24.3 Å². The van der Waals surface area contributed by atoms with Crippen LogP contribution in [0.15, 0.2) is 24.3 Å². The number of rotatable bonds is 11. The maximum absolute atomic E-state index is 13.0. The zero-order valence-corrected chi connectivity index (χ0v) is 27.4. The van der Waals surface area contributed by atoms with E-state index in [-0.39, 0.29) is 36.2 Å². The van der Waals surface area contributed by atoms with Crippen molar-refractivity contribution in [1.29, 1.82) is 0 Å². The molecule has 0 radical (unpaired) electrons. The second-order valence-electron chi connectivity index (χ2n) is 12.2. The van der Waals surface area contributed by atoms with Gasteiger partial charge in [0.2, 0.25) is 24.1 Å². The van der Waals surface area contributed by atoms with Gasteiger partial charge in [-0.2, -0.15) is 0 Å². The first-order valence-corrected chi connectivity index (χ1v) is 15.3.